The SMILES string of the molecule is FC(F)(F)C(F)(F)C(F)(F)C(F)(F)CC(I)CC(I)CC(F)(F)C(F)(F)C(F)(F)C(F)(F)F. The first kappa shape index (κ1) is 33.2. The molecule has 0 aromatic heterocycles. The van der Waals surface area contributed by atoms with Crippen LogP contribution in [0.25, 0.3) is 0 Å². The molecule has 2 unspecified atom stereocenters. The predicted molar refractivity (Wildman–Crippen MR) is 91.3 cm³/mol. The van der Waals surface area contributed by atoms with Gasteiger partial charge in [0.05, 0.1) is 0 Å². The maximum Gasteiger partial charge on any atom is 0.460 e. The van der Waals surface area contributed by atoms with Gasteiger partial charge in [0.25, 0.3) is 0 Å². The van der Waals surface area contributed by atoms with E-state index >= 15 is 0 Å². The average molecular weight is 760 g/mol. The highest BCUT2D eigenvalue weighted by atomic mass is 127. The van der Waals surface area contributed by atoms with Crippen molar-refractivity contribution in [3.8, 4) is 0 Å². The van der Waals surface area contributed by atoms with E-state index in [-0.39, 0.29) is 0 Å². The number of halogens is 20. The standard InChI is InChI=1S/C13H8F18I2/c14-6(15,8(18,19)10(22,23)12(26,27)28)2-4(32)1-5(33)3-7(16,17)9(20,21)11(24,25)13(29,30)31/h4-5H,1-3H2. The van der Waals surface area contributed by atoms with E-state index in [1.165, 1.54) is 0 Å². The summed E-state index contributed by atoms with van der Waals surface area (Å²) in [5, 5.41) is 0. The van der Waals surface area contributed by atoms with Gasteiger partial charge in [-0.3, -0.25) is 0 Å². The zero-order valence-electron chi connectivity index (χ0n) is 14.8. The van der Waals surface area contributed by atoms with Gasteiger partial charge in [-0.1, -0.05) is 45.2 Å². The van der Waals surface area contributed by atoms with Crippen LogP contribution in [0, 0.1) is 0 Å². The highest BCUT2D eigenvalue weighted by Gasteiger charge is 2.82. The van der Waals surface area contributed by atoms with E-state index in [1.807, 2.05) is 0 Å². The summed E-state index contributed by atoms with van der Waals surface area (Å²) < 4.78 is 226. The summed E-state index contributed by atoms with van der Waals surface area (Å²) in [7, 11) is 0. The molecule has 0 aromatic rings. The van der Waals surface area contributed by atoms with E-state index in [0.717, 1.165) is 0 Å². The lowest BCUT2D eigenvalue weighted by atomic mass is 9.95. The predicted octanol–water partition coefficient (Wildman–Crippen LogP) is 8.70. The van der Waals surface area contributed by atoms with Gasteiger partial charge in [-0.25, -0.2) is 0 Å². The van der Waals surface area contributed by atoms with Crippen molar-refractivity contribution in [3.05, 3.63) is 0 Å². The van der Waals surface area contributed by atoms with E-state index in [0.29, 0.717) is 45.2 Å². The van der Waals surface area contributed by atoms with Crippen LogP contribution >= 0.6 is 45.2 Å². The first-order valence-electron chi connectivity index (χ1n) is 7.68. The fourth-order valence-electron chi connectivity index (χ4n) is 2.07. The van der Waals surface area contributed by atoms with Crippen molar-refractivity contribution in [1.82, 2.24) is 0 Å². The van der Waals surface area contributed by atoms with E-state index in [9.17, 15) is 79.0 Å². The Balaban J connectivity index is 5.54. The van der Waals surface area contributed by atoms with Gasteiger partial charge in [-0.2, -0.15) is 79.0 Å². The third-order valence-corrected chi connectivity index (χ3v) is 5.78. The monoisotopic (exact) mass is 760 g/mol. The van der Waals surface area contributed by atoms with Gasteiger partial charge in [-0.05, 0) is 6.42 Å². The Labute approximate surface area is 199 Å². The van der Waals surface area contributed by atoms with Crippen LogP contribution in [0.3, 0.4) is 0 Å². The zero-order valence-corrected chi connectivity index (χ0v) is 19.2. The van der Waals surface area contributed by atoms with Crippen LogP contribution in [0.2, 0.25) is 0 Å². The molecule has 200 valence electrons. The minimum Gasteiger partial charge on any atom is -0.200 e. The third kappa shape index (κ3) is 6.31. The van der Waals surface area contributed by atoms with Crippen molar-refractivity contribution < 1.29 is 79.0 Å². The van der Waals surface area contributed by atoms with Crippen LogP contribution in [0.1, 0.15) is 19.3 Å². The summed E-state index contributed by atoms with van der Waals surface area (Å²) in [5.41, 5.74) is 0. The number of hydrogen-bond donors (Lipinski definition) is 0. The largest absolute Gasteiger partial charge is 0.460 e. The van der Waals surface area contributed by atoms with Crippen LogP contribution in [0.5, 0.6) is 0 Å². The zero-order chi connectivity index (χ0) is 27.3. The Morgan fingerprint density at radius 1 is 0.394 bits per heavy atom. The van der Waals surface area contributed by atoms with E-state index in [1.54, 1.807) is 0 Å². The molecule has 33 heavy (non-hydrogen) atoms. The topological polar surface area (TPSA) is 0 Å². The molecule has 0 saturated heterocycles. The Hall–Kier alpha value is 0.200. The lowest BCUT2D eigenvalue weighted by Crippen LogP contribution is -2.61. The Morgan fingerprint density at radius 2 is 0.606 bits per heavy atom. The molecule has 0 spiro atoms. The smallest absolute Gasteiger partial charge is 0.200 e. The molecule has 0 aromatic carbocycles. The minimum atomic E-state index is -7.25. The summed E-state index contributed by atoms with van der Waals surface area (Å²) >= 11 is 1.34. The molecule has 0 aliphatic rings. The molecule has 0 amide bonds. The van der Waals surface area contributed by atoms with Crippen molar-refractivity contribution in [1.29, 1.82) is 0 Å². The molecule has 0 fully saturated rings. The molecule has 0 saturated carbocycles. The van der Waals surface area contributed by atoms with Crippen LogP contribution in [-0.4, -0.2) is 55.7 Å². The third-order valence-electron chi connectivity index (χ3n) is 3.89. The highest BCUT2D eigenvalue weighted by Crippen LogP contribution is 2.56. The van der Waals surface area contributed by atoms with Crippen molar-refractivity contribution >= 4 is 45.2 Å². The van der Waals surface area contributed by atoms with E-state index in [4.69, 9.17) is 0 Å². The first-order valence-corrected chi connectivity index (χ1v) is 10.2. The van der Waals surface area contributed by atoms with Gasteiger partial charge < -0.3 is 0 Å². The second-order valence-electron chi connectivity index (χ2n) is 6.54. The Kier molecular flexibility index (Phi) is 9.64. The van der Waals surface area contributed by atoms with Crippen LogP contribution < -0.4 is 0 Å². The molecular formula is C13H8F18I2. The molecule has 0 rings (SSSR count). The van der Waals surface area contributed by atoms with E-state index in [2.05, 4.69) is 0 Å². The molecule has 0 radical (unpaired) electrons. The first-order chi connectivity index (χ1) is 14.0. The van der Waals surface area contributed by atoms with Crippen LogP contribution in [0.4, 0.5) is 79.0 Å². The van der Waals surface area contributed by atoms with Crippen LogP contribution in [0.15, 0.2) is 0 Å². The molecule has 0 aliphatic carbocycles. The van der Waals surface area contributed by atoms with Crippen molar-refractivity contribution in [2.24, 2.45) is 0 Å². The quantitative estimate of drug-likeness (QED) is 0.119. The maximum absolute atomic E-state index is 13.5. The summed E-state index contributed by atoms with van der Waals surface area (Å²) in [5.74, 6) is -40.9. The van der Waals surface area contributed by atoms with E-state index < -0.39 is 75.0 Å². The lowest BCUT2D eigenvalue weighted by Gasteiger charge is -2.35. The fourth-order valence-corrected chi connectivity index (χ4v) is 5.38. The molecule has 0 nitrogen and oxygen atoms in total. The van der Waals surface area contributed by atoms with Gasteiger partial charge in [0.2, 0.25) is 0 Å². The van der Waals surface area contributed by atoms with Gasteiger partial charge in [0, 0.05) is 20.7 Å². The summed E-state index contributed by atoms with van der Waals surface area (Å²) in [6, 6.07) is 0. The lowest BCUT2D eigenvalue weighted by molar-refractivity contribution is -0.397. The van der Waals surface area contributed by atoms with Crippen molar-refractivity contribution in [2.75, 3.05) is 0 Å². The average Bonchev–Trinajstić information content (AvgIpc) is 2.50. The second-order valence-corrected chi connectivity index (χ2v) is 10.1. The van der Waals surface area contributed by atoms with Crippen molar-refractivity contribution in [3.63, 3.8) is 0 Å². The summed E-state index contributed by atoms with van der Waals surface area (Å²) in [6.07, 6.45) is -20.7. The normalized spacial score (nSPS) is 17.8. The van der Waals surface area contributed by atoms with Crippen LogP contribution in [-0.2, 0) is 0 Å². The number of rotatable bonds is 10. The fraction of sp³-hybridized carbons (Fsp3) is 1.00. The molecule has 0 aliphatic heterocycles. The molecule has 0 heterocycles. The van der Waals surface area contributed by atoms with Gasteiger partial charge in [0.1, 0.15) is 0 Å². The number of alkyl halides is 20. The minimum absolute atomic E-state index is 0.668. The Bertz CT molecular complexity index is 607. The number of hydrogen-bond acceptors (Lipinski definition) is 0. The van der Waals surface area contributed by atoms with Gasteiger partial charge in [-0.15, -0.1) is 0 Å². The maximum atomic E-state index is 13.5. The van der Waals surface area contributed by atoms with Gasteiger partial charge >= 0.3 is 47.9 Å². The molecule has 0 bridgehead atoms. The second kappa shape index (κ2) is 9.58. The summed E-state index contributed by atoms with van der Waals surface area (Å²) in [4.78, 5) is 0. The summed E-state index contributed by atoms with van der Waals surface area (Å²) in [6.45, 7) is 0. The Morgan fingerprint density at radius 3 is 0.788 bits per heavy atom. The molecule has 20 heteroatoms. The highest BCUT2D eigenvalue weighted by molar-refractivity contribution is 14.1. The molecule has 0 N–H and O–H groups in total. The molecule has 2 atom stereocenters. The van der Waals surface area contributed by atoms with Gasteiger partial charge in [0.15, 0.2) is 0 Å². The molecular weight excluding hydrogens is 752 g/mol. The van der Waals surface area contributed by atoms with Crippen molar-refractivity contribution in [2.45, 2.75) is 75.0 Å².